The Bertz CT molecular complexity index is 566. The van der Waals surface area contributed by atoms with E-state index in [1.165, 1.54) is 7.11 Å². The minimum atomic E-state index is -5.05. The van der Waals surface area contributed by atoms with Gasteiger partial charge in [0.2, 0.25) is 0 Å². The first-order chi connectivity index (χ1) is 10.8. The zero-order valence-electron chi connectivity index (χ0n) is 12.4. The molecule has 0 radical (unpaired) electrons. The van der Waals surface area contributed by atoms with Gasteiger partial charge >= 0.3 is 18.1 Å². The highest BCUT2D eigenvalue weighted by Gasteiger charge is 2.47. The van der Waals surface area contributed by atoms with Crippen LogP contribution in [0.2, 0.25) is 0 Å². The van der Waals surface area contributed by atoms with E-state index in [1.54, 1.807) is 30.3 Å². The number of methoxy groups -OCH3 is 1. The summed E-state index contributed by atoms with van der Waals surface area (Å²) in [6, 6.07) is 8.89. The fourth-order valence-corrected chi connectivity index (χ4v) is 2.69. The van der Waals surface area contributed by atoms with E-state index in [1.807, 2.05) is 0 Å². The lowest BCUT2D eigenvalue weighted by atomic mass is 9.73. The molecule has 0 spiro atoms. The highest BCUT2D eigenvalue weighted by atomic mass is 19.4. The zero-order chi connectivity index (χ0) is 17.1. The summed E-state index contributed by atoms with van der Waals surface area (Å²) in [6.45, 7) is 0.0115. The maximum absolute atomic E-state index is 12.2. The molecule has 1 heterocycles. The Hall–Kier alpha value is -2.09. The van der Waals surface area contributed by atoms with Crippen LogP contribution in [0, 0.1) is 0 Å². The number of halogens is 3. The number of benzene rings is 1. The molecule has 0 atom stereocenters. The van der Waals surface area contributed by atoms with Gasteiger partial charge in [-0.05, 0) is 18.4 Å². The highest BCUT2D eigenvalue weighted by molar-refractivity contribution is 5.83. The van der Waals surface area contributed by atoms with E-state index in [0.717, 1.165) is 10.6 Å². The second-order valence-electron chi connectivity index (χ2n) is 5.25. The van der Waals surface area contributed by atoms with Gasteiger partial charge < -0.3 is 9.57 Å². The van der Waals surface area contributed by atoms with Crippen molar-refractivity contribution in [3.8, 4) is 0 Å². The molecule has 0 amide bonds. The third-order valence-corrected chi connectivity index (χ3v) is 3.92. The van der Waals surface area contributed by atoms with Gasteiger partial charge in [-0.1, -0.05) is 30.3 Å². The van der Waals surface area contributed by atoms with E-state index in [2.05, 4.69) is 4.84 Å². The topological polar surface area (TPSA) is 55.8 Å². The maximum atomic E-state index is 12.2. The number of nitrogens with zero attached hydrogens (tertiary/aromatic N) is 1. The fourth-order valence-electron chi connectivity index (χ4n) is 2.69. The van der Waals surface area contributed by atoms with Crippen LogP contribution in [-0.4, -0.2) is 43.4 Å². The van der Waals surface area contributed by atoms with Crippen molar-refractivity contribution in [1.29, 1.82) is 0 Å². The fraction of sp³-hybridized carbons (Fsp3) is 0.467. The van der Waals surface area contributed by atoms with Crippen molar-refractivity contribution >= 4 is 11.9 Å². The largest absolute Gasteiger partial charge is 0.492 e. The number of rotatable bonds is 3. The summed E-state index contributed by atoms with van der Waals surface area (Å²) in [6.07, 6.45) is -4.67. The van der Waals surface area contributed by atoms with Crippen molar-refractivity contribution in [2.24, 2.45) is 0 Å². The van der Waals surface area contributed by atoms with E-state index in [0.29, 0.717) is 0 Å². The lowest BCUT2D eigenvalue weighted by Gasteiger charge is -2.38. The number of alkyl halides is 3. The average molecular weight is 331 g/mol. The van der Waals surface area contributed by atoms with Gasteiger partial charge in [0, 0.05) is 13.1 Å². The molecule has 23 heavy (non-hydrogen) atoms. The number of esters is 1. The molecule has 0 bridgehead atoms. The van der Waals surface area contributed by atoms with Crippen molar-refractivity contribution < 1.29 is 32.3 Å². The van der Waals surface area contributed by atoms with E-state index in [9.17, 15) is 22.8 Å². The molecule has 0 N–H and O–H groups in total. The van der Waals surface area contributed by atoms with Crippen LogP contribution >= 0.6 is 0 Å². The number of piperidine rings is 1. The summed E-state index contributed by atoms with van der Waals surface area (Å²) in [5, 5.41) is 0.931. The van der Waals surface area contributed by atoms with Gasteiger partial charge in [0.15, 0.2) is 0 Å². The van der Waals surface area contributed by atoms with E-state index in [-0.39, 0.29) is 25.9 Å². The normalized spacial score (nSPS) is 18.3. The van der Waals surface area contributed by atoms with Crippen molar-refractivity contribution in [3.63, 3.8) is 0 Å². The van der Waals surface area contributed by atoms with Crippen LogP contribution in [0.4, 0.5) is 13.2 Å². The Morgan fingerprint density at radius 3 is 2.17 bits per heavy atom. The molecule has 8 heteroatoms. The quantitative estimate of drug-likeness (QED) is 0.795. The van der Waals surface area contributed by atoms with Crippen molar-refractivity contribution in [2.75, 3.05) is 20.2 Å². The third-order valence-electron chi connectivity index (χ3n) is 3.92. The summed E-state index contributed by atoms with van der Waals surface area (Å²) in [7, 11) is 1.27. The molecule has 0 aliphatic carbocycles. The smallest absolute Gasteiger partial charge is 0.468 e. The number of hydrogen-bond acceptors (Lipinski definition) is 5. The Balaban J connectivity index is 2.12. The second-order valence-corrected chi connectivity index (χ2v) is 5.25. The molecule has 1 aromatic rings. The molecule has 1 saturated heterocycles. The Labute approximate surface area is 130 Å². The molecule has 1 aromatic carbocycles. The van der Waals surface area contributed by atoms with Crippen LogP contribution in [0.1, 0.15) is 18.4 Å². The van der Waals surface area contributed by atoms with Crippen LogP contribution in [0.15, 0.2) is 30.3 Å². The van der Waals surface area contributed by atoms with Crippen molar-refractivity contribution in [2.45, 2.75) is 24.4 Å². The molecule has 5 nitrogen and oxygen atoms in total. The number of ether oxygens (including phenoxy) is 1. The molecule has 126 valence electrons. The summed E-state index contributed by atoms with van der Waals surface area (Å²) >= 11 is 0. The third kappa shape index (κ3) is 3.64. The summed E-state index contributed by atoms with van der Waals surface area (Å²) in [5.41, 5.74) is -0.217. The van der Waals surface area contributed by atoms with Gasteiger partial charge in [0.1, 0.15) is 0 Å². The molecular formula is C15H16F3NO4. The molecule has 1 aliphatic heterocycles. The molecule has 2 rings (SSSR count). The van der Waals surface area contributed by atoms with Gasteiger partial charge in [-0.3, -0.25) is 4.79 Å². The first kappa shape index (κ1) is 17.3. The maximum Gasteiger partial charge on any atom is 0.492 e. The summed E-state index contributed by atoms with van der Waals surface area (Å²) in [4.78, 5) is 27.4. The van der Waals surface area contributed by atoms with Crippen LogP contribution in [-0.2, 0) is 24.6 Å². The van der Waals surface area contributed by atoms with Gasteiger partial charge in [-0.25, -0.2) is 4.79 Å². The number of carbonyl (C=O) groups is 2. The molecule has 0 aromatic heterocycles. The Morgan fingerprint density at radius 1 is 1.13 bits per heavy atom. The van der Waals surface area contributed by atoms with E-state index in [4.69, 9.17) is 4.74 Å². The Morgan fingerprint density at radius 2 is 1.70 bits per heavy atom. The average Bonchev–Trinajstić information content (AvgIpc) is 2.55. The van der Waals surface area contributed by atoms with E-state index >= 15 is 0 Å². The van der Waals surface area contributed by atoms with Crippen molar-refractivity contribution in [1.82, 2.24) is 5.06 Å². The Kier molecular flexibility index (Phi) is 4.93. The SMILES string of the molecule is COC(=O)C1(c2ccccc2)CCN(OC(=O)C(F)(F)F)CC1. The van der Waals surface area contributed by atoms with E-state index < -0.39 is 23.5 Å². The first-order valence-corrected chi connectivity index (χ1v) is 6.97. The second kappa shape index (κ2) is 6.57. The van der Waals surface area contributed by atoms with Gasteiger partial charge in [-0.2, -0.15) is 13.2 Å². The minimum absolute atomic E-state index is 0.00577. The van der Waals surface area contributed by atoms with Crippen LogP contribution < -0.4 is 0 Å². The minimum Gasteiger partial charge on any atom is -0.468 e. The summed E-state index contributed by atoms with van der Waals surface area (Å²) in [5.74, 6) is -2.71. The van der Waals surface area contributed by atoms with Gasteiger partial charge in [0.05, 0.1) is 12.5 Å². The van der Waals surface area contributed by atoms with Crippen LogP contribution in [0.3, 0.4) is 0 Å². The van der Waals surface area contributed by atoms with Crippen molar-refractivity contribution in [3.05, 3.63) is 35.9 Å². The molecule has 1 aliphatic rings. The van der Waals surface area contributed by atoms with Crippen LogP contribution in [0.5, 0.6) is 0 Å². The zero-order valence-corrected chi connectivity index (χ0v) is 12.4. The molecular weight excluding hydrogens is 315 g/mol. The van der Waals surface area contributed by atoms with Gasteiger partial charge in [0.25, 0.3) is 0 Å². The lowest BCUT2D eigenvalue weighted by molar-refractivity contribution is -0.243. The number of hydrogen-bond donors (Lipinski definition) is 0. The van der Waals surface area contributed by atoms with Gasteiger partial charge in [-0.15, -0.1) is 5.06 Å². The standard InChI is InChI=1S/C15H16F3NO4/c1-22-12(20)14(11-5-3-2-4-6-11)7-9-19(10-8-14)23-13(21)15(16,17)18/h2-6H,7-10H2,1H3. The lowest BCUT2D eigenvalue weighted by Crippen LogP contribution is -2.49. The number of hydroxylamine groups is 2. The predicted molar refractivity (Wildman–Crippen MR) is 73.1 cm³/mol. The predicted octanol–water partition coefficient (Wildman–Crippen LogP) is 2.21. The van der Waals surface area contributed by atoms with Crippen LogP contribution in [0.25, 0.3) is 0 Å². The highest BCUT2D eigenvalue weighted by Crippen LogP contribution is 2.37. The molecule has 0 saturated carbocycles. The molecule has 0 unspecified atom stereocenters. The number of carbonyl (C=O) groups excluding carboxylic acids is 2. The summed E-state index contributed by atoms with van der Waals surface area (Å²) < 4.78 is 41.6. The first-order valence-electron chi connectivity index (χ1n) is 6.97. The monoisotopic (exact) mass is 331 g/mol. The molecule has 1 fully saturated rings.